The van der Waals surface area contributed by atoms with E-state index in [1.54, 1.807) is 25.3 Å². The summed E-state index contributed by atoms with van der Waals surface area (Å²) < 4.78 is 38.7. The topological polar surface area (TPSA) is 79.8 Å². The molecule has 6 nitrogen and oxygen atoms in total. The zero-order chi connectivity index (χ0) is 24.8. The number of nitrogens with one attached hydrogen (secondary N) is 2. The van der Waals surface area contributed by atoms with E-state index < -0.39 is 17.6 Å². The lowest BCUT2D eigenvalue weighted by molar-refractivity contribution is -0.137. The van der Waals surface area contributed by atoms with E-state index in [9.17, 15) is 18.0 Å². The van der Waals surface area contributed by atoms with Crippen LogP contribution in [0.25, 0.3) is 11.3 Å². The van der Waals surface area contributed by atoms with E-state index >= 15 is 0 Å². The van der Waals surface area contributed by atoms with Gasteiger partial charge in [-0.15, -0.1) is 0 Å². The number of hydrogen-bond acceptors (Lipinski definition) is 5. The number of halogens is 3. The molecule has 2 aromatic carbocycles. The van der Waals surface area contributed by atoms with Crippen LogP contribution < -0.4 is 10.6 Å². The van der Waals surface area contributed by atoms with Gasteiger partial charge in [0.25, 0.3) is 5.91 Å². The summed E-state index contributed by atoms with van der Waals surface area (Å²) in [7, 11) is 0. The van der Waals surface area contributed by atoms with Crippen LogP contribution in [0, 0.1) is 6.92 Å². The Labute approximate surface area is 200 Å². The molecule has 178 valence electrons. The molecular formula is C26H22F3N5O. The summed E-state index contributed by atoms with van der Waals surface area (Å²) in [5, 5.41) is 6.10. The van der Waals surface area contributed by atoms with Crippen molar-refractivity contribution in [1.82, 2.24) is 15.0 Å². The minimum atomic E-state index is -4.44. The number of anilines is 2. The smallest absolute Gasteiger partial charge is 0.385 e. The van der Waals surface area contributed by atoms with Crippen molar-refractivity contribution in [2.24, 2.45) is 0 Å². The van der Waals surface area contributed by atoms with E-state index in [4.69, 9.17) is 0 Å². The predicted molar refractivity (Wildman–Crippen MR) is 128 cm³/mol. The third-order valence-electron chi connectivity index (χ3n) is 5.22. The number of carbonyl (C=O) groups is 1. The van der Waals surface area contributed by atoms with E-state index in [0.717, 1.165) is 29.9 Å². The monoisotopic (exact) mass is 477 g/mol. The largest absolute Gasteiger partial charge is 0.416 e. The maximum Gasteiger partial charge on any atom is 0.416 e. The second-order valence-corrected chi connectivity index (χ2v) is 7.78. The highest BCUT2D eigenvalue weighted by atomic mass is 19.4. The second-order valence-electron chi connectivity index (χ2n) is 7.78. The van der Waals surface area contributed by atoms with Crippen LogP contribution in [0.3, 0.4) is 0 Å². The van der Waals surface area contributed by atoms with Crippen molar-refractivity contribution in [3.05, 3.63) is 102 Å². The molecule has 0 aliphatic rings. The molecule has 0 spiro atoms. The first-order valence-corrected chi connectivity index (χ1v) is 10.9. The molecule has 0 radical (unpaired) electrons. The van der Waals surface area contributed by atoms with Gasteiger partial charge in [0.05, 0.1) is 16.8 Å². The summed E-state index contributed by atoms with van der Waals surface area (Å²) >= 11 is 0. The van der Waals surface area contributed by atoms with E-state index in [0.29, 0.717) is 23.6 Å². The maximum atomic E-state index is 13.0. The maximum absolute atomic E-state index is 13.0. The van der Waals surface area contributed by atoms with Gasteiger partial charge >= 0.3 is 6.18 Å². The zero-order valence-electron chi connectivity index (χ0n) is 18.8. The van der Waals surface area contributed by atoms with Gasteiger partial charge in [-0.25, -0.2) is 9.97 Å². The number of nitrogens with zero attached hydrogens (tertiary/aromatic N) is 3. The van der Waals surface area contributed by atoms with Gasteiger partial charge < -0.3 is 10.6 Å². The van der Waals surface area contributed by atoms with Gasteiger partial charge in [-0.1, -0.05) is 18.2 Å². The molecular weight excluding hydrogens is 455 g/mol. The van der Waals surface area contributed by atoms with Crippen LogP contribution in [0.5, 0.6) is 0 Å². The average Bonchev–Trinajstić information content (AvgIpc) is 2.85. The lowest BCUT2D eigenvalue weighted by Gasteiger charge is -2.12. The molecule has 0 aliphatic carbocycles. The summed E-state index contributed by atoms with van der Waals surface area (Å²) in [6.07, 6.45) is -0.535. The molecule has 2 heterocycles. The Hall–Kier alpha value is -4.27. The van der Waals surface area contributed by atoms with Gasteiger partial charge in [-0.3, -0.25) is 9.78 Å². The Morgan fingerprint density at radius 2 is 1.63 bits per heavy atom. The molecule has 0 saturated heterocycles. The van der Waals surface area contributed by atoms with Crippen molar-refractivity contribution >= 4 is 17.3 Å². The molecule has 0 atom stereocenters. The molecule has 0 bridgehead atoms. The SMILES string of the molecule is Cc1ncc(C(=O)Nc2ccc(NCCc3ccccn3)cc2)c(-c2ccc(C(F)(F)F)cc2)n1. The quantitative estimate of drug-likeness (QED) is 0.353. The number of carbonyl (C=O) groups excluding carboxylic acids is 1. The fraction of sp³-hybridized carbons (Fsp3) is 0.154. The Bertz CT molecular complexity index is 1290. The lowest BCUT2D eigenvalue weighted by Crippen LogP contribution is -2.15. The molecule has 0 fully saturated rings. The molecule has 4 aromatic rings. The minimum absolute atomic E-state index is 0.160. The lowest BCUT2D eigenvalue weighted by atomic mass is 10.0. The van der Waals surface area contributed by atoms with Crippen LogP contribution in [0.1, 0.15) is 27.4 Å². The third kappa shape index (κ3) is 6.20. The molecule has 1 amide bonds. The van der Waals surface area contributed by atoms with Crippen LogP contribution in [-0.4, -0.2) is 27.4 Å². The summed E-state index contributed by atoms with van der Waals surface area (Å²) in [5.74, 6) is -0.0617. The van der Waals surface area contributed by atoms with Crippen molar-refractivity contribution in [3.63, 3.8) is 0 Å². The molecule has 2 N–H and O–H groups in total. The van der Waals surface area contributed by atoms with Crippen LogP contribution in [0.2, 0.25) is 0 Å². The van der Waals surface area contributed by atoms with Crippen LogP contribution in [0.15, 0.2) is 79.1 Å². The van der Waals surface area contributed by atoms with Gasteiger partial charge in [0, 0.05) is 48.0 Å². The molecule has 2 aromatic heterocycles. The van der Waals surface area contributed by atoms with E-state index in [1.165, 1.54) is 18.3 Å². The number of alkyl halides is 3. The normalized spacial score (nSPS) is 11.2. The van der Waals surface area contributed by atoms with Crippen molar-refractivity contribution in [3.8, 4) is 11.3 Å². The zero-order valence-corrected chi connectivity index (χ0v) is 18.8. The van der Waals surface area contributed by atoms with Gasteiger partial charge in [-0.05, 0) is 55.5 Å². The fourth-order valence-corrected chi connectivity index (χ4v) is 3.42. The van der Waals surface area contributed by atoms with E-state index in [-0.39, 0.29) is 11.3 Å². The van der Waals surface area contributed by atoms with Gasteiger partial charge in [0.1, 0.15) is 5.82 Å². The molecule has 9 heteroatoms. The Kier molecular flexibility index (Phi) is 7.05. The first-order valence-electron chi connectivity index (χ1n) is 10.9. The van der Waals surface area contributed by atoms with Crippen molar-refractivity contribution in [2.75, 3.05) is 17.2 Å². The first kappa shape index (κ1) is 23.9. The number of pyridine rings is 1. The highest BCUT2D eigenvalue weighted by Gasteiger charge is 2.30. The summed E-state index contributed by atoms with van der Waals surface area (Å²) in [4.78, 5) is 25.6. The Balaban J connectivity index is 1.44. The number of hydrogen-bond donors (Lipinski definition) is 2. The van der Waals surface area contributed by atoms with E-state index in [2.05, 4.69) is 25.6 Å². The minimum Gasteiger partial charge on any atom is -0.385 e. The van der Waals surface area contributed by atoms with Crippen molar-refractivity contribution in [1.29, 1.82) is 0 Å². The predicted octanol–water partition coefficient (Wildman–Crippen LogP) is 5.77. The molecule has 35 heavy (non-hydrogen) atoms. The summed E-state index contributed by atoms with van der Waals surface area (Å²) in [6.45, 7) is 2.36. The number of rotatable bonds is 7. The fourth-order valence-electron chi connectivity index (χ4n) is 3.42. The summed E-state index contributed by atoms with van der Waals surface area (Å²) in [5.41, 5.74) is 2.48. The standard InChI is InChI=1S/C26H22F3N5O/c1-17-32-16-23(24(33-17)18-5-7-19(8-6-18)26(27,28)29)25(35)34-22-11-9-21(10-12-22)31-15-13-20-4-2-3-14-30-20/h2-12,14,16,31H,13,15H2,1H3,(H,34,35). The first-order chi connectivity index (χ1) is 16.8. The average molecular weight is 477 g/mol. The molecule has 0 saturated carbocycles. The molecule has 4 rings (SSSR count). The summed E-state index contributed by atoms with van der Waals surface area (Å²) in [6, 6.07) is 17.5. The highest BCUT2D eigenvalue weighted by molar-refractivity contribution is 6.07. The highest BCUT2D eigenvalue weighted by Crippen LogP contribution is 2.31. The van der Waals surface area contributed by atoms with Crippen LogP contribution >= 0.6 is 0 Å². The van der Waals surface area contributed by atoms with Crippen LogP contribution in [-0.2, 0) is 12.6 Å². The molecule has 0 unspecified atom stereocenters. The van der Waals surface area contributed by atoms with Crippen LogP contribution in [0.4, 0.5) is 24.5 Å². The second kappa shape index (κ2) is 10.3. The third-order valence-corrected chi connectivity index (χ3v) is 5.22. The number of amides is 1. The Morgan fingerprint density at radius 1 is 0.914 bits per heavy atom. The number of aromatic nitrogens is 3. The van der Waals surface area contributed by atoms with E-state index in [1.807, 2.05) is 30.3 Å². The van der Waals surface area contributed by atoms with Crippen molar-refractivity contribution < 1.29 is 18.0 Å². The van der Waals surface area contributed by atoms with Gasteiger partial charge in [0.15, 0.2) is 0 Å². The van der Waals surface area contributed by atoms with Gasteiger partial charge in [-0.2, -0.15) is 13.2 Å². The number of aryl methyl sites for hydroxylation is 1. The number of benzene rings is 2. The van der Waals surface area contributed by atoms with Crippen molar-refractivity contribution in [2.45, 2.75) is 19.5 Å². The van der Waals surface area contributed by atoms with Gasteiger partial charge in [0.2, 0.25) is 0 Å². The Morgan fingerprint density at radius 3 is 2.29 bits per heavy atom. The molecule has 0 aliphatic heterocycles.